The quantitative estimate of drug-likeness (QED) is 0.751. The number of carbonyl (C=O) groups excluding carboxylic acids is 1. The Kier molecular flexibility index (Phi) is 6.27. The van der Waals surface area contributed by atoms with Crippen molar-refractivity contribution in [3.05, 3.63) is 29.3 Å². The van der Waals surface area contributed by atoms with E-state index >= 15 is 0 Å². The van der Waals surface area contributed by atoms with Gasteiger partial charge in [-0.3, -0.25) is 9.69 Å². The first kappa shape index (κ1) is 20.8. The number of rotatable bonds is 4. The van der Waals surface area contributed by atoms with Crippen LogP contribution in [0.3, 0.4) is 0 Å². The highest BCUT2D eigenvalue weighted by molar-refractivity contribution is 7.89. The summed E-state index contributed by atoms with van der Waals surface area (Å²) >= 11 is 0. The van der Waals surface area contributed by atoms with Crippen molar-refractivity contribution >= 4 is 15.9 Å². The van der Waals surface area contributed by atoms with Crippen LogP contribution in [0, 0.1) is 0 Å². The minimum atomic E-state index is -3.47. The number of benzene rings is 1. The Bertz CT molecular complexity index is 841. The van der Waals surface area contributed by atoms with Gasteiger partial charge in [0.15, 0.2) is 0 Å². The van der Waals surface area contributed by atoms with E-state index in [4.69, 9.17) is 0 Å². The monoisotopic (exact) mass is 419 g/mol. The highest BCUT2D eigenvalue weighted by Gasteiger charge is 2.33. The van der Waals surface area contributed by atoms with Gasteiger partial charge in [0.05, 0.1) is 10.9 Å². The molecule has 3 aliphatic rings. The van der Waals surface area contributed by atoms with Crippen molar-refractivity contribution in [2.24, 2.45) is 0 Å². The normalized spacial score (nSPS) is 22.9. The molecule has 29 heavy (non-hydrogen) atoms. The fraction of sp³-hybridized carbons (Fsp3) is 0.682. The molecule has 2 saturated heterocycles. The Hall–Kier alpha value is -1.44. The predicted octanol–water partition coefficient (Wildman–Crippen LogP) is 2.27. The second-order valence-corrected chi connectivity index (χ2v) is 10.6. The van der Waals surface area contributed by atoms with Gasteiger partial charge in [-0.15, -0.1) is 0 Å². The third-order valence-electron chi connectivity index (χ3n) is 6.80. The summed E-state index contributed by atoms with van der Waals surface area (Å²) in [5, 5.41) is 0. The summed E-state index contributed by atoms with van der Waals surface area (Å²) in [6.07, 6.45) is 7.74. The summed E-state index contributed by atoms with van der Waals surface area (Å²) in [6.45, 7) is 5.76. The zero-order valence-electron chi connectivity index (χ0n) is 17.5. The predicted molar refractivity (Wildman–Crippen MR) is 113 cm³/mol. The maximum atomic E-state index is 13.2. The highest BCUT2D eigenvalue weighted by Crippen LogP contribution is 2.26. The maximum absolute atomic E-state index is 13.2. The molecule has 1 aliphatic carbocycles. The molecule has 0 N–H and O–H groups in total. The average Bonchev–Trinajstić information content (AvgIpc) is 2.78. The van der Waals surface area contributed by atoms with E-state index in [1.807, 2.05) is 24.0 Å². The van der Waals surface area contributed by atoms with Gasteiger partial charge in [0.2, 0.25) is 15.9 Å². The fourth-order valence-electron chi connectivity index (χ4n) is 4.89. The maximum Gasteiger partial charge on any atom is 0.243 e. The number of piperazine rings is 1. The van der Waals surface area contributed by atoms with E-state index < -0.39 is 10.0 Å². The van der Waals surface area contributed by atoms with Crippen LogP contribution < -0.4 is 0 Å². The summed E-state index contributed by atoms with van der Waals surface area (Å²) in [4.78, 5) is 17.3. The summed E-state index contributed by atoms with van der Waals surface area (Å²) in [5.74, 6) is 0.190. The Morgan fingerprint density at radius 2 is 1.52 bits per heavy atom. The van der Waals surface area contributed by atoms with Crippen LogP contribution in [0.2, 0.25) is 0 Å². The second-order valence-electron chi connectivity index (χ2n) is 8.64. The molecule has 0 aromatic heterocycles. The third-order valence-corrected chi connectivity index (χ3v) is 8.70. The zero-order chi connectivity index (χ0) is 20.4. The highest BCUT2D eigenvalue weighted by atomic mass is 32.2. The minimum absolute atomic E-state index is 0.179. The van der Waals surface area contributed by atoms with Gasteiger partial charge in [-0.1, -0.05) is 6.07 Å². The molecule has 2 aliphatic heterocycles. The lowest BCUT2D eigenvalue weighted by atomic mass is 9.92. The summed E-state index contributed by atoms with van der Waals surface area (Å²) in [7, 11) is -3.47. The number of piperidine rings is 1. The molecule has 1 aromatic carbocycles. The Labute approximate surface area is 174 Å². The molecule has 1 amide bonds. The van der Waals surface area contributed by atoms with Crippen LogP contribution in [0.5, 0.6) is 0 Å². The number of sulfonamides is 1. The number of nitrogens with zero attached hydrogens (tertiary/aromatic N) is 3. The van der Waals surface area contributed by atoms with Gasteiger partial charge in [-0.25, -0.2) is 8.42 Å². The van der Waals surface area contributed by atoms with Crippen LogP contribution in [-0.2, 0) is 27.7 Å². The first-order chi connectivity index (χ1) is 14.0. The van der Waals surface area contributed by atoms with Gasteiger partial charge in [0, 0.05) is 39.3 Å². The third kappa shape index (κ3) is 4.37. The van der Waals surface area contributed by atoms with Gasteiger partial charge in [0.25, 0.3) is 0 Å². The van der Waals surface area contributed by atoms with Crippen LogP contribution in [-0.4, -0.2) is 73.7 Å². The van der Waals surface area contributed by atoms with Crippen molar-refractivity contribution in [1.29, 1.82) is 0 Å². The lowest BCUT2D eigenvalue weighted by Crippen LogP contribution is -2.55. The van der Waals surface area contributed by atoms with Crippen LogP contribution in [0.15, 0.2) is 23.1 Å². The number of likely N-dealkylation sites (tertiary alicyclic amines) is 1. The lowest BCUT2D eigenvalue weighted by Gasteiger charge is -2.39. The van der Waals surface area contributed by atoms with E-state index in [1.54, 1.807) is 10.4 Å². The number of amides is 1. The lowest BCUT2D eigenvalue weighted by molar-refractivity contribution is -0.137. The van der Waals surface area contributed by atoms with Crippen LogP contribution in [0.25, 0.3) is 0 Å². The molecular formula is C22H33N3O3S. The molecule has 2 fully saturated rings. The Morgan fingerprint density at radius 1 is 0.862 bits per heavy atom. The van der Waals surface area contributed by atoms with Crippen molar-refractivity contribution in [2.45, 2.75) is 62.8 Å². The van der Waals surface area contributed by atoms with Crippen LogP contribution >= 0.6 is 0 Å². The summed E-state index contributed by atoms with van der Waals surface area (Å²) in [6, 6.07) is 5.48. The number of carbonyl (C=O) groups is 1. The minimum Gasteiger partial charge on any atom is -0.341 e. The van der Waals surface area contributed by atoms with Crippen molar-refractivity contribution in [3.8, 4) is 0 Å². The van der Waals surface area contributed by atoms with E-state index in [9.17, 15) is 13.2 Å². The standard InChI is InChI=1S/C22H33N3O3S/c1-18(22(26)24-11-5-2-6-12-24)23-13-15-25(16-14-23)29(27,28)21-10-9-19-7-3-4-8-20(19)17-21/h9-10,17-18H,2-8,11-16H2,1H3/t18-/m0/s1. The largest absolute Gasteiger partial charge is 0.341 e. The first-order valence-corrected chi connectivity index (χ1v) is 12.6. The second kappa shape index (κ2) is 8.74. The smallest absolute Gasteiger partial charge is 0.243 e. The number of aryl methyl sites for hydroxylation is 2. The molecular weight excluding hydrogens is 386 g/mol. The summed E-state index contributed by atoms with van der Waals surface area (Å²) in [5.41, 5.74) is 2.49. The number of hydrogen-bond donors (Lipinski definition) is 0. The van der Waals surface area contributed by atoms with Crippen molar-refractivity contribution in [3.63, 3.8) is 0 Å². The van der Waals surface area contributed by atoms with E-state index in [1.165, 1.54) is 24.0 Å². The van der Waals surface area contributed by atoms with Gasteiger partial charge < -0.3 is 4.90 Å². The molecule has 0 spiro atoms. The molecule has 6 nitrogen and oxygen atoms in total. The van der Waals surface area contributed by atoms with Crippen LogP contribution in [0.4, 0.5) is 0 Å². The average molecular weight is 420 g/mol. The van der Waals surface area contributed by atoms with Crippen molar-refractivity contribution in [2.75, 3.05) is 39.3 Å². The topological polar surface area (TPSA) is 60.9 Å². The van der Waals surface area contributed by atoms with Gasteiger partial charge in [0.1, 0.15) is 0 Å². The zero-order valence-corrected chi connectivity index (χ0v) is 18.3. The number of fused-ring (bicyclic) bond motifs is 1. The van der Waals surface area contributed by atoms with E-state index in [2.05, 4.69) is 4.90 Å². The van der Waals surface area contributed by atoms with Crippen LogP contribution in [0.1, 0.15) is 50.2 Å². The molecule has 2 heterocycles. The van der Waals surface area contributed by atoms with E-state index in [0.717, 1.165) is 45.2 Å². The Balaban J connectivity index is 1.39. The SMILES string of the molecule is C[C@@H](C(=O)N1CCCCC1)N1CCN(S(=O)(=O)c2ccc3c(c2)CCCC3)CC1. The molecule has 0 saturated carbocycles. The molecule has 0 unspecified atom stereocenters. The molecule has 1 atom stereocenters. The molecule has 1 aromatic rings. The number of hydrogen-bond acceptors (Lipinski definition) is 4. The summed E-state index contributed by atoms with van der Waals surface area (Å²) < 4.78 is 27.9. The molecule has 4 rings (SSSR count). The van der Waals surface area contributed by atoms with Gasteiger partial charge >= 0.3 is 0 Å². The Morgan fingerprint density at radius 3 is 2.21 bits per heavy atom. The van der Waals surface area contributed by atoms with Gasteiger partial charge in [-0.05, 0) is 75.1 Å². The van der Waals surface area contributed by atoms with E-state index in [0.29, 0.717) is 31.1 Å². The molecule has 0 radical (unpaired) electrons. The molecule has 0 bridgehead atoms. The van der Waals surface area contributed by atoms with E-state index in [-0.39, 0.29) is 11.9 Å². The van der Waals surface area contributed by atoms with Crippen molar-refractivity contribution in [1.82, 2.24) is 14.1 Å². The molecule has 160 valence electrons. The first-order valence-electron chi connectivity index (χ1n) is 11.1. The molecule has 7 heteroatoms. The van der Waals surface area contributed by atoms with Gasteiger partial charge in [-0.2, -0.15) is 4.31 Å². The fourth-order valence-corrected chi connectivity index (χ4v) is 6.36. The van der Waals surface area contributed by atoms with Crippen molar-refractivity contribution < 1.29 is 13.2 Å².